The van der Waals surface area contributed by atoms with E-state index in [1.165, 1.54) is 23.6 Å². The fourth-order valence-electron chi connectivity index (χ4n) is 1.60. The van der Waals surface area contributed by atoms with Gasteiger partial charge in [-0.1, -0.05) is 0 Å². The first-order chi connectivity index (χ1) is 7.04. The normalized spacial score (nSPS) is 17.3. The summed E-state index contributed by atoms with van der Waals surface area (Å²) >= 11 is 1.55. The Morgan fingerprint density at radius 3 is 2.80 bits per heavy atom. The van der Waals surface area contributed by atoms with E-state index in [0.29, 0.717) is 16.2 Å². The van der Waals surface area contributed by atoms with E-state index < -0.39 is 9.84 Å². The lowest BCUT2D eigenvalue weighted by Gasteiger charge is -2.02. The molecule has 3 nitrogen and oxygen atoms in total. The molecule has 80 valence electrons. The maximum absolute atomic E-state index is 11.7. The monoisotopic (exact) mass is 242 g/mol. The van der Waals surface area contributed by atoms with Gasteiger partial charge in [0.25, 0.3) is 0 Å². The van der Waals surface area contributed by atoms with Crippen LogP contribution in [0, 0.1) is 0 Å². The van der Waals surface area contributed by atoms with Crippen LogP contribution in [0.15, 0.2) is 28.5 Å². The van der Waals surface area contributed by atoms with Crippen molar-refractivity contribution in [1.29, 1.82) is 0 Å². The molecule has 15 heavy (non-hydrogen) atoms. The Labute approximate surface area is 92.7 Å². The first-order valence-corrected chi connectivity index (χ1v) is 7.26. The fraction of sp³-hybridized carbons (Fsp3) is 0.200. The molecule has 0 atom stereocenters. The summed E-state index contributed by atoms with van der Waals surface area (Å²) < 4.78 is 23.4. The molecule has 0 spiro atoms. The van der Waals surface area contributed by atoms with Crippen LogP contribution in [0.3, 0.4) is 0 Å². The summed E-state index contributed by atoms with van der Waals surface area (Å²) in [6, 6.07) is 4.35. The molecule has 5 heteroatoms. The van der Waals surface area contributed by atoms with Gasteiger partial charge in [-0.3, -0.25) is 0 Å². The number of benzene rings is 1. The minimum atomic E-state index is -3.28. The Bertz CT molecular complexity index is 530. The first-order valence-electron chi connectivity index (χ1n) is 4.32. The van der Waals surface area contributed by atoms with Gasteiger partial charge in [0, 0.05) is 16.7 Å². The van der Waals surface area contributed by atoms with Crippen molar-refractivity contribution < 1.29 is 13.5 Å². The Hall–Kier alpha value is -0.940. The van der Waals surface area contributed by atoms with Gasteiger partial charge in [0.1, 0.15) is 5.75 Å². The number of rotatable bonds is 2. The molecular weight excluding hydrogens is 232 g/mol. The van der Waals surface area contributed by atoms with Crippen molar-refractivity contribution in [3.63, 3.8) is 0 Å². The van der Waals surface area contributed by atoms with E-state index in [9.17, 15) is 13.5 Å². The number of hydrogen-bond donors (Lipinski definition) is 1. The molecule has 0 amide bonds. The van der Waals surface area contributed by atoms with Gasteiger partial charge < -0.3 is 5.11 Å². The fourth-order valence-corrected chi connectivity index (χ4v) is 3.72. The second-order valence-electron chi connectivity index (χ2n) is 3.30. The predicted molar refractivity (Wildman–Crippen MR) is 61.7 cm³/mol. The second-order valence-corrected chi connectivity index (χ2v) is 5.93. The van der Waals surface area contributed by atoms with Gasteiger partial charge in [0.15, 0.2) is 0 Å². The molecule has 0 fully saturated rings. The van der Waals surface area contributed by atoms with Crippen LogP contribution in [-0.4, -0.2) is 25.5 Å². The van der Waals surface area contributed by atoms with Crippen molar-refractivity contribution in [2.75, 3.05) is 12.0 Å². The molecule has 1 aliphatic heterocycles. The summed E-state index contributed by atoms with van der Waals surface area (Å²) in [7, 11) is -3.28. The van der Waals surface area contributed by atoms with E-state index in [4.69, 9.17) is 0 Å². The van der Waals surface area contributed by atoms with Crippen LogP contribution in [0.5, 0.6) is 5.75 Å². The molecule has 0 saturated carbocycles. The zero-order valence-corrected chi connectivity index (χ0v) is 9.73. The van der Waals surface area contributed by atoms with Crippen LogP contribution in [-0.2, 0) is 9.84 Å². The number of sulfone groups is 1. The van der Waals surface area contributed by atoms with Gasteiger partial charge in [0.2, 0.25) is 9.84 Å². The summed E-state index contributed by atoms with van der Waals surface area (Å²) in [6.07, 6.45) is 1.91. The summed E-state index contributed by atoms with van der Waals surface area (Å²) in [5.74, 6) is 0.730. The number of thioether (sulfide) groups is 1. The first kappa shape index (κ1) is 10.6. The van der Waals surface area contributed by atoms with Crippen molar-refractivity contribution in [2.24, 2.45) is 0 Å². The number of fused-ring (bicyclic) bond motifs is 1. The molecule has 0 aliphatic carbocycles. The molecule has 0 bridgehead atoms. The molecule has 0 radical (unpaired) electrons. The topological polar surface area (TPSA) is 54.4 Å². The predicted octanol–water partition coefficient (Wildman–Crippen LogP) is 1.88. The third kappa shape index (κ3) is 1.77. The maximum Gasteiger partial charge on any atom is 0.200 e. The average molecular weight is 242 g/mol. The summed E-state index contributed by atoms with van der Waals surface area (Å²) in [5.41, 5.74) is 1.39. The Morgan fingerprint density at radius 1 is 1.40 bits per heavy atom. The highest BCUT2D eigenvalue weighted by atomic mass is 32.2. The number of aromatic hydroxyl groups is 1. The molecule has 2 rings (SSSR count). The van der Waals surface area contributed by atoms with Crippen molar-refractivity contribution in [1.82, 2.24) is 0 Å². The van der Waals surface area contributed by atoms with Crippen LogP contribution in [0.25, 0.3) is 5.57 Å². The third-order valence-corrected chi connectivity index (χ3v) is 4.38. The van der Waals surface area contributed by atoms with E-state index >= 15 is 0 Å². The minimum absolute atomic E-state index is 0.0952. The van der Waals surface area contributed by atoms with Gasteiger partial charge in [-0.25, -0.2) is 8.42 Å². The van der Waals surface area contributed by atoms with Gasteiger partial charge >= 0.3 is 0 Å². The molecule has 0 unspecified atom stereocenters. The molecule has 1 heterocycles. The lowest BCUT2D eigenvalue weighted by atomic mass is 10.1. The Kier molecular flexibility index (Phi) is 2.52. The highest BCUT2D eigenvalue weighted by Gasteiger charge is 2.26. The van der Waals surface area contributed by atoms with Crippen LogP contribution < -0.4 is 0 Å². The van der Waals surface area contributed by atoms with Gasteiger partial charge in [-0.05, 0) is 30.0 Å². The average Bonchev–Trinajstić information content (AvgIpc) is 2.39. The van der Waals surface area contributed by atoms with Crippen molar-refractivity contribution in [2.45, 2.75) is 4.90 Å². The molecule has 1 aromatic carbocycles. The van der Waals surface area contributed by atoms with E-state index in [0.717, 1.165) is 5.57 Å². The number of phenolic OH excluding ortho intramolecular Hbond substituents is 1. The van der Waals surface area contributed by atoms with E-state index in [1.54, 1.807) is 11.8 Å². The molecule has 0 aromatic heterocycles. The largest absolute Gasteiger partial charge is 0.508 e. The van der Waals surface area contributed by atoms with Gasteiger partial charge in [-0.15, -0.1) is 0 Å². The molecule has 0 saturated heterocycles. The lowest BCUT2D eigenvalue weighted by Crippen LogP contribution is -1.92. The van der Waals surface area contributed by atoms with Crippen molar-refractivity contribution in [3.05, 3.63) is 29.2 Å². The SMILES string of the molecule is CSCC1=CS(=O)(=O)c2ccc(O)cc21. The summed E-state index contributed by atoms with van der Waals surface area (Å²) in [4.78, 5) is 0.296. The third-order valence-electron chi connectivity index (χ3n) is 2.21. The quantitative estimate of drug-likeness (QED) is 0.860. The zero-order chi connectivity index (χ0) is 11.1. The number of phenols is 1. The summed E-state index contributed by atoms with van der Waals surface area (Å²) in [6.45, 7) is 0. The highest BCUT2D eigenvalue weighted by Crippen LogP contribution is 2.36. The zero-order valence-electron chi connectivity index (χ0n) is 8.10. The van der Waals surface area contributed by atoms with Crippen LogP contribution >= 0.6 is 11.8 Å². The van der Waals surface area contributed by atoms with E-state index in [-0.39, 0.29) is 5.75 Å². The summed E-state index contributed by atoms with van der Waals surface area (Å²) in [5, 5.41) is 10.6. The van der Waals surface area contributed by atoms with Crippen LogP contribution in [0.4, 0.5) is 0 Å². The van der Waals surface area contributed by atoms with Gasteiger partial charge in [-0.2, -0.15) is 11.8 Å². The van der Waals surface area contributed by atoms with E-state index in [1.807, 2.05) is 6.26 Å². The Balaban J connectivity index is 2.63. The molecule has 1 aromatic rings. The van der Waals surface area contributed by atoms with Crippen molar-refractivity contribution >= 4 is 27.2 Å². The molecule has 1 aliphatic rings. The molecule has 1 N–H and O–H groups in total. The second kappa shape index (κ2) is 3.57. The minimum Gasteiger partial charge on any atom is -0.508 e. The Morgan fingerprint density at radius 2 is 2.13 bits per heavy atom. The molecular formula is C10H10O3S2. The standard InChI is InChI=1S/C10H10O3S2/c1-14-5-7-6-15(12,13)10-3-2-8(11)4-9(7)10/h2-4,6,11H,5H2,1H3. The number of hydrogen-bond acceptors (Lipinski definition) is 4. The maximum atomic E-state index is 11.7. The van der Waals surface area contributed by atoms with Crippen LogP contribution in [0.1, 0.15) is 5.56 Å². The lowest BCUT2D eigenvalue weighted by molar-refractivity contribution is 0.474. The smallest absolute Gasteiger partial charge is 0.200 e. The highest BCUT2D eigenvalue weighted by molar-refractivity contribution is 7.99. The van der Waals surface area contributed by atoms with Crippen molar-refractivity contribution in [3.8, 4) is 5.75 Å². The van der Waals surface area contributed by atoms with E-state index in [2.05, 4.69) is 0 Å². The van der Waals surface area contributed by atoms with Crippen LogP contribution in [0.2, 0.25) is 0 Å². The van der Waals surface area contributed by atoms with Gasteiger partial charge in [0.05, 0.1) is 4.90 Å².